The van der Waals surface area contributed by atoms with Crippen LogP contribution in [0.4, 0.5) is 0 Å². The molecule has 76 valence electrons. The van der Waals surface area contributed by atoms with Crippen molar-refractivity contribution in [2.24, 2.45) is 5.73 Å². The van der Waals surface area contributed by atoms with E-state index < -0.39 is 0 Å². The van der Waals surface area contributed by atoms with E-state index in [1.807, 2.05) is 6.07 Å². The molecule has 0 bridgehead atoms. The average Bonchev–Trinajstić information content (AvgIpc) is 2.19. The number of thiocarbonyl (C=S) groups is 1. The summed E-state index contributed by atoms with van der Waals surface area (Å²) in [5.74, 6) is 0.181. The quantitative estimate of drug-likeness (QED) is 0.452. The maximum Gasteiger partial charge on any atom is 0.115 e. The van der Waals surface area contributed by atoms with Crippen LogP contribution in [0.1, 0.15) is 12.5 Å². The van der Waals surface area contributed by atoms with Gasteiger partial charge in [-0.05, 0) is 30.2 Å². The van der Waals surface area contributed by atoms with Crippen molar-refractivity contribution in [2.45, 2.75) is 6.92 Å². The number of nitrogens with zero attached hydrogens (tertiary/aromatic N) is 1. The van der Waals surface area contributed by atoms with Gasteiger partial charge >= 0.3 is 0 Å². The molecular weight excluding hydrogens is 208 g/mol. The number of nitrogens with two attached hydrogens (primary N) is 1. The largest absolute Gasteiger partial charge is 0.508 e. The number of hydrogen-bond acceptors (Lipinski definition) is 3. The summed E-state index contributed by atoms with van der Waals surface area (Å²) in [6, 6.07) is 8.48. The summed E-state index contributed by atoms with van der Waals surface area (Å²) in [5.41, 5.74) is 7.25. The zero-order chi connectivity index (χ0) is 11.4. The zero-order valence-electron chi connectivity index (χ0n) is 8.19. The summed E-state index contributed by atoms with van der Waals surface area (Å²) in [7, 11) is 0. The molecule has 0 atom stereocenters. The van der Waals surface area contributed by atoms with Crippen LogP contribution in [0.25, 0.3) is 5.57 Å². The summed E-state index contributed by atoms with van der Waals surface area (Å²) >= 11 is 4.77. The van der Waals surface area contributed by atoms with Gasteiger partial charge in [0.15, 0.2) is 0 Å². The van der Waals surface area contributed by atoms with Crippen molar-refractivity contribution >= 4 is 22.8 Å². The molecule has 3 nitrogen and oxygen atoms in total. The van der Waals surface area contributed by atoms with Gasteiger partial charge in [-0.25, -0.2) is 0 Å². The van der Waals surface area contributed by atoms with E-state index in [-0.39, 0.29) is 10.7 Å². The lowest BCUT2D eigenvalue weighted by Gasteiger charge is -2.04. The van der Waals surface area contributed by atoms with Gasteiger partial charge in [-0.2, -0.15) is 5.26 Å². The Labute approximate surface area is 93.5 Å². The van der Waals surface area contributed by atoms with E-state index in [0.717, 1.165) is 5.56 Å². The molecule has 0 radical (unpaired) electrons. The minimum atomic E-state index is 0.0862. The fourth-order valence-electron chi connectivity index (χ4n) is 1.18. The van der Waals surface area contributed by atoms with Crippen LogP contribution in [-0.4, -0.2) is 10.1 Å². The van der Waals surface area contributed by atoms with Gasteiger partial charge in [0.05, 0.1) is 5.57 Å². The van der Waals surface area contributed by atoms with Gasteiger partial charge in [-0.15, -0.1) is 0 Å². The van der Waals surface area contributed by atoms with Crippen LogP contribution in [0.5, 0.6) is 5.75 Å². The molecule has 0 aliphatic rings. The van der Waals surface area contributed by atoms with Crippen molar-refractivity contribution in [3.63, 3.8) is 0 Å². The van der Waals surface area contributed by atoms with E-state index in [4.69, 9.17) is 28.3 Å². The first-order valence-corrected chi connectivity index (χ1v) is 4.67. The Kier molecular flexibility index (Phi) is 3.42. The Bertz CT molecular complexity index is 454. The smallest absolute Gasteiger partial charge is 0.115 e. The summed E-state index contributed by atoms with van der Waals surface area (Å²) in [4.78, 5) is 0.0862. The Hall–Kier alpha value is -1.86. The molecule has 0 saturated carbocycles. The van der Waals surface area contributed by atoms with Crippen LogP contribution >= 0.6 is 12.2 Å². The minimum absolute atomic E-state index is 0.0862. The predicted octanol–water partition coefficient (Wildman–Crippen LogP) is 1.98. The van der Waals surface area contributed by atoms with Crippen LogP contribution in [0.15, 0.2) is 29.8 Å². The van der Waals surface area contributed by atoms with Gasteiger partial charge in [0.1, 0.15) is 16.8 Å². The van der Waals surface area contributed by atoms with E-state index in [9.17, 15) is 0 Å². The second-order valence-electron chi connectivity index (χ2n) is 3.02. The van der Waals surface area contributed by atoms with E-state index >= 15 is 0 Å². The van der Waals surface area contributed by atoms with Crippen molar-refractivity contribution in [3.8, 4) is 11.8 Å². The summed E-state index contributed by atoms with van der Waals surface area (Å²) in [6.07, 6.45) is 0. The van der Waals surface area contributed by atoms with Crippen molar-refractivity contribution in [1.82, 2.24) is 0 Å². The monoisotopic (exact) mass is 218 g/mol. The van der Waals surface area contributed by atoms with Gasteiger partial charge in [0.25, 0.3) is 0 Å². The third-order valence-corrected chi connectivity index (χ3v) is 2.24. The maximum absolute atomic E-state index is 9.11. The first-order chi connectivity index (χ1) is 7.06. The van der Waals surface area contributed by atoms with E-state index in [0.29, 0.717) is 11.1 Å². The first-order valence-electron chi connectivity index (χ1n) is 4.26. The van der Waals surface area contributed by atoms with E-state index in [1.165, 1.54) is 0 Å². The number of rotatable bonds is 2. The van der Waals surface area contributed by atoms with Crippen LogP contribution in [0.2, 0.25) is 0 Å². The van der Waals surface area contributed by atoms with Crippen molar-refractivity contribution in [3.05, 3.63) is 35.4 Å². The predicted molar refractivity (Wildman–Crippen MR) is 63.1 cm³/mol. The Morgan fingerprint density at radius 3 is 2.33 bits per heavy atom. The van der Waals surface area contributed by atoms with Crippen LogP contribution in [0, 0.1) is 11.3 Å². The molecule has 0 heterocycles. The SMILES string of the molecule is C/C(=C(/C#N)C(N)=S)c1ccc(O)cc1. The van der Waals surface area contributed by atoms with E-state index in [1.54, 1.807) is 31.2 Å². The number of aromatic hydroxyl groups is 1. The van der Waals surface area contributed by atoms with Crippen LogP contribution < -0.4 is 5.73 Å². The molecule has 15 heavy (non-hydrogen) atoms. The second kappa shape index (κ2) is 4.58. The van der Waals surface area contributed by atoms with E-state index in [2.05, 4.69) is 0 Å². The fraction of sp³-hybridized carbons (Fsp3) is 0.0909. The minimum Gasteiger partial charge on any atom is -0.508 e. The molecule has 0 amide bonds. The van der Waals surface area contributed by atoms with Crippen molar-refractivity contribution in [2.75, 3.05) is 0 Å². The Morgan fingerprint density at radius 1 is 1.40 bits per heavy atom. The van der Waals surface area contributed by atoms with Crippen LogP contribution in [-0.2, 0) is 0 Å². The second-order valence-corrected chi connectivity index (χ2v) is 3.46. The summed E-state index contributed by atoms with van der Waals surface area (Å²) < 4.78 is 0. The van der Waals surface area contributed by atoms with Crippen molar-refractivity contribution in [1.29, 1.82) is 5.26 Å². The first kappa shape index (κ1) is 11.2. The van der Waals surface area contributed by atoms with Gasteiger partial charge in [0, 0.05) is 0 Å². The molecule has 0 spiro atoms. The molecule has 0 unspecified atom stereocenters. The lowest BCUT2D eigenvalue weighted by molar-refractivity contribution is 0.475. The van der Waals surface area contributed by atoms with Gasteiger partial charge < -0.3 is 10.8 Å². The number of hydrogen-bond donors (Lipinski definition) is 2. The number of phenols is 1. The summed E-state index contributed by atoms with van der Waals surface area (Å²) in [6.45, 7) is 1.77. The summed E-state index contributed by atoms with van der Waals surface area (Å²) in [5, 5.41) is 18.0. The number of phenolic OH excluding ortho intramolecular Hbond substituents is 1. The molecule has 4 heteroatoms. The highest BCUT2D eigenvalue weighted by atomic mass is 32.1. The molecular formula is C11H10N2OS. The number of nitriles is 1. The molecule has 0 aromatic heterocycles. The lowest BCUT2D eigenvalue weighted by Crippen LogP contribution is -2.11. The van der Waals surface area contributed by atoms with Crippen molar-refractivity contribution < 1.29 is 5.11 Å². The molecule has 1 rings (SSSR count). The third kappa shape index (κ3) is 2.55. The van der Waals surface area contributed by atoms with Gasteiger partial charge in [0.2, 0.25) is 0 Å². The molecule has 0 saturated heterocycles. The fourth-order valence-corrected chi connectivity index (χ4v) is 1.38. The third-order valence-electron chi connectivity index (χ3n) is 2.03. The highest BCUT2D eigenvalue weighted by Gasteiger charge is 2.06. The molecule has 0 fully saturated rings. The standard InChI is InChI=1S/C11H10N2OS/c1-7(10(6-12)11(13)15)8-2-4-9(14)5-3-8/h2-5,14H,1H3,(H2,13,15)/b10-7+. The Balaban J connectivity index is 3.24. The van der Waals surface area contributed by atoms with Gasteiger partial charge in [-0.1, -0.05) is 24.4 Å². The highest BCUT2D eigenvalue weighted by Crippen LogP contribution is 2.20. The zero-order valence-corrected chi connectivity index (χ0v) is 9.01. The highest BCUT2D eigenvalue weighted by molar-refractivity contribution is 7.80. The molecule has 0 aliphatic carbocycles. The Morgan fingerprint density at radius 2 is 1.93 bits per heavy atom. The molecule has 1 aromatic rings. The molecule has 1 aromatic carbocycles. The average molecular weight is 218 g/mol. The normalized spacial score (nSPS) is 11.5. The maximum atomic E-state index is 9.11. The number of allylic oxidation sites excluding steroid dienone is 1. The van der Waals surface area contributed by atoms with Gasteiger partial charge in [-0.3, -0.25) is 0 Å². The van der Waals surface area contributed by atoms with Crippen LogP contribution in [0.3, 0.4) is 0 Å². The number of benzene rings is 1. The topological polar surface area (TPSA) is 70.0 Å². The lowest BCUT2D eigenvalue weighted by atomic mass is 10.0. The molecule has 0 aliphatic heterocycles. The molecule has 3 N–H and O–H groups in total.